The number of methoxy groups -OCH3 is 2. The summed E-state index contributed by atoms with van der Waals surface area (Å²) in [4.78, 5) is 52.4. The molecule has 13 heteroatoms. The highest BCUT2D eigenvalue weighted by molar-refractivity contribution is 7.55. The van der Waals surface area contributed by atoms with Crippen LogP contribution in [-0.4, -0.2) is 61.8 Å². The highest BCUT2D eigenvalue weighted by Gasteiger charge is 2.46. The molecule has 0 amide bonds. The number of fused-ring (bicyclic) bond motifs is 1. The summed E-state index contributed by atoms with van der Waals surface area (Å²) in [6.07, 6.45) is -0.0297. The molecule has 0 saturated carbocycles. The van der Waals surface area contributed by atoms with Gasteiger partial charge in [-0.05, 0) is 6.08 Å². The summed E-state index contributed by atoms with van der Waals surface area (Å²) in [7, 11) is -1.68. The minimum Gasteiger partial charge on any atom is -0.375 e. The molecule has 0 bridgehead atoms. The largest absolute Gasteiger partial charge is 0.375 e. The zero-order valence-corrected chi connectivity index (χ0v) is 15.1. The lowest BCUT2D eigenvalue weighted by molar-refractivity contribution is -0.0517. The maximum atomic E-state index is 12.4. The van der Waals surface area contributed by atoms with E-state index in [1.165, 1.54) is 26.7 Å². The van der Waals surface area contributed by atoms with Gasteiger partial charge in [0.25, 0.3) is 5.56 Å². The molecule has 2 aromatic rings. The van der Waals surface area contributed by atoms with Crippen LogP contribution in [0.1, 0.15) is 6.23 Å². The summed E-state index contributed by atoms with van der Waals surface area (Å²) in [5.41, 5.74) is -1.41. The van der Waals surface area contributed by atoms with Gasteiger partial charge >= 0.3 is 13.3 Å². The molecule has 0 aliphatic carbocycles. The molecule has 0 aromatic carbocycles. The number of aromatic amines is 1. The molecule has 0 radical (unpaired) electrons. The minimum atomic E-state index is -4.42. The molecule has 27 heavy (non-hydrogen) atoms. The van der Waals surface area contributed by atoms with Gasteiger partial charge in [0.1, 0.15) is 30.0 Å². The molecule has 1 aliphatic rings. The lowest BCUT2D eigenvalue weighted by Gasteiger charge is -2.22. The van der Waals surface area contributed by atoms with Crippen molar-refractivity contribution in [2.75, 3.05) is 14.2 Å². The van der Waals surface area contributed by atoms with Crippen molar-refractivity contribution in [3.63, 3.8) is 0 Å². The van der Waals surface area contributed by atoms with E-state index in [9.17, 15) is 14.2 Å². The summed E-state index contributed by atoms with van der Waals surface area (Å²) in [6.45, 7) is 0. The molecule has 3 rings (SSSR count). The first-order valence-electron chi connectivity index (χ1n) is 7.67. The van der Waals surface area contributed by atoms with E-state index in [4.69, 9.17) is 24.0 Å². The SMILES string of the molecule is CO[C@@H]1[C@H](OC)[C@@H](/C=C/P(=O)(O)O)O[C@H]1n1c(=O)[nH]c(=O)c2cncnc21. The number of hydrogen-bond acceptors (Lipinski definition) is 8. The monoisotopic (exact) mass is 400 g/mol. The Kier molecular flexibility index (Phi) is 5.38. The third kappa shape index (κ3) is 3.76. The van der Waals surface area contributed by atoms with Crippen LogP contribution < -0.4 is 11.2 Å². The Hall–Kier alpha value is -2.21. The Bertz CT molecular complexity index is 1030. The van der Waals surface area contributed by atoms with Crippen LogP contribution in [0.15, 0.2) is 34.0 Å². The third-order valence-electron chi connectivity index (χ3n) is 4.10. The Morgan fingerprint density at radius 3 is 2.63 bits per heavy atom. The molecule has 0 unspecified atom stereocenters. The number of rotatable bonds is 5. The number of H-pyrrole nitrogens is 1. The number of nitrogens with zero attached hydrogens (tertiary/aromatic N) is 3. The molecule has 1 fully saturated rings. The minimum absolute atomic E-state index is 0.0280. The van der Waals surface area contributed by atoms with Crippen molar-refractivity contribution in [3.05, 3.63) is 45.3 Å². The lowest BCUT2D eigenvalue weighted by Crippen LogP contribution is -2.40. The van der Waals surface area contributed by atoms with Crippen LogP contribution in [0.2, 0.25) is 0 Å². The highest BCUT2D eigenvalue weighted by atomic mass is 31.2. The van der Waals surface area contributed by atoms with Crippen molar-refractivity contribution in [2.45, 2.75) is 24.5 Å². The standard InChI is InChI=1S/C14H17N4O8P/c1-24-9-8(3-4-27(21,22)23)26-13(10(9)25-2)18-11-7(5-15-6-16-11)12(19)17-14(18)20/h3-6,8-10,13H,1-2H3,(H,17,19,20)(H2,21,22,23)/b4-3+/t8-,9-,10-,13-/m1/s1. The van der Waals surface area contributed by atoms with Gasteiger partial charge in [0.2, 0.25) is 0 Å². The zero-order chi connectivity index (χ0) is 19.8. The molecule has 2 aromatic heterocycles. The quantitative estimate of drug-likeness (QED) is 0.535. The van der Waals surface area contributed by atoms with Gasteiger partial charge in [-0.25, -0.2) is 19.3 Å². The number of aromatic nitrogens is 4. The summed E-state index contributed by atoms with van der Waals surface area (Å²) in [6, 6.07) is 0. The molecule has 12 nitrogen and oxygen atoms in total. The van der Waals surface area contributed by atoms with Crippen LogP contribution in [0.5, 0.6) is 0 Å². The smallest absolute Gasteiger partial charge is 0.348 e. The number of nitrogens with one attached hydrogen (secondary N) is 1. The summed E-state index contributed by atoms with van der Waals surface area (Å²) < 4.78 is 28.7. The van der Waals surface area contributed by atoms with Crippen molar-refractivity contribution in [1.82, 2.24) is 19.5 Å². The molecule has 0 spiro atoms. The Morgan fingerprint density at radius 1 is 1.30 bits per heavy atom. The van der Waals surface area contributed by atoms with Crippen LogP contribution in [0, 0.1) is 0 Å². The Balaban J connectivity index is 2.13. The second-order valence-electron chi connectivity index (χ2n) is 5.71. The second-order valence-corrected chi connectivity index (χ2v) is 7.19. The van der Waals surface area contributed by atoms with Gasteiger partial charge < -0.3 is 24.0 Å². The average molecular weight is 400 g/mol. The van der Waals surface area contributed by atoms with E-state index in [-0.39, 0.29) is 11.0 Å². The first kappa shape index (κ1) is 19.5. The van der Waals surface area contributed by atoms with Crippen molar-refractivity contribution < 1.29 is 28.6 Å². The van der Waals surface area contributed by atoms with Crippen molar-refractivity contribution >= 4 is 18.6 Å². The molecule has 1 aliphatic heterocycles. The Labute approximate surface area is 151 Å². The maximum Gasteiger partial charge on any atom is 0.348 e. The van der Waals surface area contributed by atoms with E-state index < -0.39 is 43.4 Å². The summed E-state index contributed by atoms with van der Waals surface area (Å²) >= 11 is 0. The fourth-order valence-electron chi connectivity index (χ4n) is 2.98. The van der Waals surface area contributed by atoms with Crippen LogP contribution in [-0.2, 0) is 18.8 Å². The molecule has 1 saturated heterocycles. The summed E-state index contributed by atoms with van der Waals surface area (Å²) in [5, 5.41) is 0.0683. The van der Waals surface area contributed by atoms with E-state index in [0.717, 1.165) is 10.6 Å². The van der Waals surface area contributed by atoms with E-state index in [2.05, 4.69) is 15.0 Å². The van der Waals surface area contributed by atoms with Gasteiger partial charge in [0, 0.05) is 26.2 Å². The van der Waals surface area contributed by atoms with Gasteiger partial charge in [-0.1, -0.05) is 0 Å². The van der Waals surface area contributed by atoms with E-state index in [1.807, 2.05) is 0 Å². The van der Waals surface area contributed by atoms with Gasteiger partial charge in [-0.2, -0.15) is 0 Å². The second kappa shape index (κ2) is 7.43. The van der Waals surface area contributed by atoms with E-state index >= 15 is 0 Å². The molecule has 3 heterocycles. The molecule has 4 atom stereocenters. The van der Waals surface area contributed by atoms with Gasteiger partial charge in [-0.3, -0.25) is 14.3 Å². The maximum absolute atomic E-state index is 12.4. The van der Waals surface area contributed by atoms with Crippen LogP contribution in [0.4, 0.5) is 0 Å². The first-order valence-corrected chi connectivity index (χ1v) is 9.35. The van der Waals surface area contributed by atoms with E-state index in [0.29, 0.717) is 5.82 Å². The zero-order valence-electron chi connectivity index (χ0n) is 14.3. The highest BCUT2D eigenvalue weighted by Crippen LogP contribution is 2.39. The van der Waals surface area contributed by atoms with Crippen molar-refractivity contribution in [1.29, 1.82) is 0 Å². The van der Waals surface area contributed by atoms with Crippen molar-refractivity contribution in [2.24, 2.45) is 0 Å². The van der Waals surface area contributed by atoms with E-state index in [1.54, 1.807) is 0 Å². The van der Waals surface area contributed by atoms with Gasteiger partial charge in [0.15, 0.2) is 11.9 Å². The summed E-state index contributed by atoms with van der Waals surface area (Å²) in [5.74, 6) is 0.689. The first-order chi connectivity index (χ1) is 12.8. The fraction of sp³-hybridized carbons (Fsp3) is 0.429. The number of hydrogen-bond donors (Lipinski definition) is 3. The van der Waals surface area contributed by atoms with Crippen LogP contribution in [0.3, 0.4) is 0 Å². The third-order valence-corrected chi connectivity index (χ3v) is 4.66. The predicted octanol–water partition coefficient (Wildman–Crippen LogP) is -0.901. The molecule has 3 N–H and O–H groups in total. The topological polar surface area (TPSA) is 166 Å². The number of ether oxygens (including phenoxy) is 3. The Morgan fingerprint density at radius 2 is 2.00 bits per heavy atom. The fourth-order valence-corrected chi connectivity index (χ4v) is 3.37. The van der Waals surface area contributed by atoms with Crippen LogP contribution >= 0.6 is 7.60 Å². The van der Waals surface area contributed by atoms with Gasteiger partial charge in [-0.15, -0.1) is 0 Å². The van der Waals surface area contributed by atoms with Crippen LogP contribution in [0.25, 0.3) is 11.0 Å². The lowest BCUT2D eigenvalue weighted by atomic mass is 10.1. The molecule has 146 valence electrons. The van der Waals surface area contributed by atoms with Gasteiger partial charge in [0.05, 0.1) is 0 Å². The predicted molar refractivity (Wildman–Crippen MR) is 91.1 cm³/mol. The average Bonchev–Trinajstić information content (AvgIpc) is 2.96. The molecular weight excluding hydrogens is 383 g/mol. The van der Waals surface area contributed by atoms with Crippen molar-refractivity contribution in [3.8, 4) is 0 Å². The molecular formula is C14H17N4O8P. The normalized spacial score (nSPS) is 26.2.